The molecule has 0 atom stereocenters. The lowest BCUT2D eigenvalue weighted by Gasteiger charge is -2.05. The molecule has 0 fully saturated rings. The number of halogens is 1. The summed E-state index contributed by atoms with van der Waals surface area (Å²) in [7, 11) is 0. The van der Waals surface area contributed by atoms with Crippen LogP contribution in [0.25, 0.3) is 5.13 Å². The van der Waals surface area contributed by atoms with Crippen LogP contribution in [-0.2, 0) is 13.0 Å². The first-order valence-corrected chi connectivity index (χ1v) is 10.9. The van der Waals surface area contributed by atoms with Gasteiger partial charge in [0.25, 0.3) is 0 Å². The molecule has 3 aromatic heterocycles. The average molecular weight is 453 g/mol. The number of benzene rings is 1. The van der Waals surface area contributed by atoms with Gasteiger partial charge in [0.05, 0.1) is 17.1 Å². The van der Waals surface area contributed by atoms with Crippen LogP contribution in [0, 0.1) is 12.7 Å². The lowest BCUT2D eigenvalue weighted by molar-refractivity contribution is 0.0986. The second kappa shape index (κ2) is 9.65. The zero-order valence-electron chi connectivity index (χ0n) is 17.4. The molecule has 0 radical (unpaired) electrons. The molecule has 10 heteroatoms. The summed E-state index contributed by atoms with van der Waals surface area (Å²) < 4.78 is 15.6. The third-order valence-corrected chi connectivity index (χ3v) is 6.04. The quantitative estimate of drug-likeness (QED) is 0.392. The SMILES string of the molecule is Cc1nc(-n2cnn(CCNc3ccc(F)cc3)c2=O)sc1C(=O)CCc1cccnc1. The third kappa shape index (κ3) is 4.97. The summed E-state index contributed by atoms with van der Waals surface area (Å²) in [6, 6.07) is 9.76. The van der Waals surface area contributed by atoms with E-state index in [2.05, 4.69) is 20.4 Å². The van der Waals surface area contributed by atoms with Crippen LogP contribution in [0.4, 0.5) is 10.1 Å². The fraction of sp³-hybridized carbons (Fsp3) is 0.227. The maximum atomic E-state index is 13.0. The summed E-state index contributed by atoms with van der Waals surface area (Å²) in [5, 5.41) is 7.67. The Balaban J connectivity index is 1.40. The monoisotopic (exact) mass is 452 g/mol. The number of hydrogen-bond acceptors (Lipinski definition) is 7. The van der Waals surface area contributed by atoms with Gasteiger partial charge in [-0.25, -0.2) is 23.4 Å². The van der Waals surface area contributed by atoms with E-state index in [1.807, 2.05) is 12.1 Å². The van der Waals surface area contributed by atoms with Crippen molar-refractivity contribution in [1.29, 1.82) is 0 Å². The Morgan fingerprint density at radius 2 is 2.03 bits per heavy atom. The van der Waals surface area contributed by atoms with Crippen LogP contribution in [0.15, 0.2) is 59.9 Å². The second-order valence-corrected chi connectivity index (χ2v) is 8.11. The summed E-state index contributed by atoms with van der Waals surface area (Å²) in [6.07, 6.45) is 5.79. The van der Waals surface area contributed by atoms with Crippen LogP contribution in [0.1, 0.15) is 27.3 Å². The Bertz CT molecular complexity index is 1260. The highest BCUT2D eigenvalue weighted by molar-refractivity contribution is 7.16. The van der Waals surface area contributed by atoms with E-state index in [-0.39, 0.29) is 17.3 Å². The zero-order chi connectivity index (χ0) is 22.5. The van der Waals surface area contributed by atoms with Gasteiger partial charge in [-0.3, -0.25) is 9.78 Å². The average Bonchev–Trinajstić information content (AvgIpc) is 3.36. The molecule has 0 saturated carbocycles. The van der Waals surface area contributed by atoms with E-state index in [1.165, 1.54) is 39.0 Å². The van der Waals surface area contributed by atoms with Crippen molar-refractivity contribution >= 4 is 22.8 Å². The Morgan fingerprint density at radius 3 is 2.78 bits per heavy atom. The van der Waals surface area contributed by atoms with E-state index in [1.54, 1.807) is 31.5 Å². The topological polar surface area (TPSA) is 94.7 Å². The maximum Gasteiger partial charge on any atom is 0.352 e. The Morgan fingerprint density at radius 1 is 1.22 bits per heavy atom. The minimum Gasteiger partial charge on any atom is -0.383 e. The fourth-order valence-corrected chi connectivity index (χ4v) is 4.15. The summed E-state index contributed by atoms with van der Waals surface area (Å²) in [6.45, 7) is 2.53. The van der Waals surface area contributed by atoms with E-state index in [0.29, 0.717) is 41.6 Å². The van der Waals surface area contributed by atoms with Crippen molar-refractivity contribution in [3.8, 4) is 5.13 Å². The number of aryl methyl sites for hydroxylation is 2. The molecule has 8 nitrogen and oxygen atoms in total. The lowest BCUT2D eigenvalue weighted by atomic mass is 10.1. The van der Waals surface area contributed by atoms with E-state index in [0.717, 1.165) is 11.3 Å². The molecule has 3 heterocycles. The van der Waals surface area contributed by atoms with Gasteiger partial charge in [0.2, 0.25) is 0 Å². The first kappa shape index (κ1) is 21.6. The van der Waals surface area contributed by atoms with Crippen molar-refractivity contribution in [1.82, 2.24) is 24.3 Å². The molecule has 0 amide bonds. The normalized spacial score (nSPS) is 10.9. The van der Waals surface area contributed by atoms with Gasteiger partial charge in [0.1, 0.15) is 12.1 Å². The van der Waals surface area contributed by atoms with Crippen LogP contribution < -0.4 is 11.0 Å². The number of ketones is 1. The lowest BCUT2D eigenvalue weighted by Crippen LogP contribution is -2.26. The minimum absolute atomic E-state index is 0.0148. The number of Topliss-reactive ketones (excluding diaryl/α,β-unsaturated/α-hetero) is 1. The van der Waals surface area contributed by atoms with Gasteiger partial charge in [-0.05, 0) is 49.2 Å². The number of hydrogen-bond donors (Lipinski definition) is 1. The van der Waals surface area contributed by atoms with Crippen molar-refractivity contribution in [2.45, 2.75) is 26.3 Å². The number of nitrogens with one attached hydrogen (secondary N) is 1. The molecule has 0 saturated heterocycles. The van der Waals surface area contributed by atoms with Gasteiger partial charge in [0, 0.05) is 31.0 Å². The molecular formula is C22H21FN6O2S. The first-order chi connectivity index (χ1) is 15.5. The van der Waals surface area contributed by atoms with Crippen LogP contribution in [0.2, 0.25) is 0 Å². The number of carbonyl (C=O) groups is 1. The van der Waals surface area contributed by atoms with Gasteiger partial charge in [-0.15, -0.1) is 0 Å². The number of carbonyl (C=O) groups excluding carboxylic acids is 1. The minimum atomic E-state index is -0.339. The van der Waals surface area contributed by atoms with Gasteiger partial charge < -0.3 is 5.32 Å². The number of rotatable bonds is 9. The van der Waals surface area contributed by atoms with Crippen LogP contribution >= 0.6 is 11.3 Å². The van der Waals surface area contributed by atoms with Crippen molar-refractivity contribution in [3.63, 3.8) is 0 Å². The standard InChI is InChI=1S/C22H21FN6O2S/c1-15-20(19(30)9-4-16-3-2-10-24-13-16)32-21(27-15)28-14-26-29(22(28)31)12-11-25-18-7-5-17(23)6-8-18/h2-3,5-8,10,13-14,25H,4,9,11-12H2,1H3. The summed E-state index contributed by atoms with van der Waals surface area (Å²) >= 11 is 1.19. The summed E-state index contributed by atoms with van der Waals surface area (Å²) in [4.78, 5) is 34.4. The third-order valence-electron chi connectivity index (χ3n) is 4.84. The number of nitrogens with zero attached hydrogens (tertiary/aromatic N) is 5. The van der Waals surface area contributed by atoms with Crippen LogP contribution in [-0.4, -0.2) is 36.6 Å². The molecule has 0 spiro atoms. The number of thiazole rings is 1. The number of anilines is 1. The fourth-order valence-electron chi connectivity index (χ4n) is 3.16. The number of aromatic nitrogens is 5. The van der Waals surface area contributed by atoms with Crippen LogP contribution in [0.5, 0.6) is 0 Å². The van der Waals surface area contributed by atoms with Gasteiger partial charge in [0.15, 0.2) is 10.9 Å². The first-order valence-electron chi connectivity index (χ1n) is 10.0. The highest BCUT2D eigenvalue weighted by Gasteiger charge is 2.18. The van der Waals surface area contributed by atoms with E-state index >= 15 is 0 Å². The Kier molecular flexibility index (Phi) is 6.50. The van der Waals surface area contributed by atoms with E-state index in [9.17, 15) is 14.0 Å². The van der Waals surface area contributed by atoms with Crippen molar-refractivity contribution in [2.24, 2.45) is 0 Å². The Hall–Kier alpha value is -3.66. The second-order valence-electron chi connectivity index (χ2n) is 7.14. The van der Waals surface area contributed by atoms with Gasteiger partial charge in [-0.1, -0.05) is 17.4 Å². The largest absolute Gasteiger partial charge is 0.383 e. The molecular weight excluding hydrogens is 431 g/mol. The Labute approximate surface area is 187 Å². The highest BCUT2D eigenvalue weighted by Crippen LogP contribution is 2.22. The molecule has 4 aromatic rings. The van der Waals surface area contributed by atoms with Crippen molar-refractivity contribution < 1.29 is 9.18 Å². The molecule has 32 heavy (non-hydrogen) atoms. The smallest absolute Gasteiger partial charge is 0.352 e. The maximum absolute atomic E-state index is 13.0. The molecule has 1 N–H and O–H groups in total. The van der Waals surface area contributed by atoms with Gasteiger partial charge >= 0.3 is 5.69 Å². The predicted octanol–water partition coefficient (Wildman–Crippen LogP) is 3.26. The van der Waals surface area contributed by atoms with Crippen molar-refractivity contribution in [3.05, 3.63) is 87.6 Å². The van der Waals surface area contributed by atoms with E-state index < -0.39 is 0 Å². The van der Waals surface area contributed by atoms with Crippen molar-refractivity contribution in [2.75, 3.05) is 11.9 Å². The summed E-state index contributed by atoms with van der Waals surface area (Å²) in [5.41, 5.74) is 2.01. The summed E-state index contributed by atoms with van der Waals surface area (Å²) in [5.74, 6) is -0.321. The molecule has 1 aromatic carbocycles. The van der Waals surface area contributed by atoms with Gasteiger partial charge in [-0.2, -0.15) is 5.10 Å². The molecule has 164 valence electrons. The molecule has 4 rings (SSSR count). The molecule has 0 aliphatic heterocycles. The highest BCUT2D eigenvalue weighted by atomic mass is 32.1. The molecule has 0 aliphatic carbocycles. The number of pyridine rings is 1. The van der Waals surface area contributed by atoms with Crippen LogP contribution in [0.3, 0.4) is 0 Å². The molecule has 0 bridgehead atoms. The molecule has 0 unspecified atom stereocenters. The molecule has 0 aliphatic rings. The zero-order valence-corrected chi connectivity index (χ0v) is 18.2. The predicted molar refractivity (Wildman–Crippen MR) is 120 cm³/mol. The van der Waals surface area contributed by atoms with E-state index in [4.69, 9.17) is 0 Å².